The highest BCUT2D eigenvalue weighted by Crippen LogP contribution is 2.13. The van der Waals surface area contributed by atoms with Gasteiger partial charge in [0, 0.05) is 6.42 Å². The van der Waals surface area contributed by atoms with E-state index in [1.165, 1.54) is 0 Å². The first-order valence-electron chi connectivity index (χ1n) is 3.70. The zero-order valence-corrected chi connectivity index (χ0v) is 6.42. The Kier molecular flexibility index (Phi) is 3.39. The van der Waals surface area contributed by atoms with Gasteiger partial charge in [-0.1, -0.05) is 0 Å². The summed E-state index contributed by atoms with van der Waals surface area (Å²) in [6.45, 7) is -0.115. The van der Waals surface area contributed by atoms with Crippen LogP contribution in [0.4, 0.5) is 0 Å². The molecule has 1 rings (SSSR count). The van der Waals surface area contributed by atoms with Gasteiger partial charge < -0.3 is 25.3 Å². The third-order valence-corrected chi connectivity index (χ3v) is 1.85. The van der Waals surface area contributed by atoms with Crippen molar-refractivity contribution in [2.45, 2.75) is 31.0 Å². The Hall–Kier alpha value is -0.240. The Bertz CT molecular complexity index is 144. The Balaban J connectivity index is 2.53. The number of aliphatic hydroxyl groups excluding tert-OH is 3. The Morgan fingerprint density at radius 2 is 1.75 bits per heavy atom. The molecular formula is C6H13NO5. The summed E-state index contributed by atoms with van der Waals surface area (Å²) in [6.07, 6.45) is -4.03. The highest BCUT2D eigenvalue weighted by Gasteiger charge is 2.30. The van der Waals surface area contributed by atoms with Gasteiger partial charge in [-0.05, 0) is 0 Å². The summed E-state index contributed by atoms with van der Waals surface area (Å²) in [5.74, 6) is 0. The summed E-state index contributed by atoms with van der Waals surface area (Å²) >= 11 is 0. The molecular weight excluding hydrogens is 166 g/mol. The van der Waals surface area contributed by atoms with E-state index < -0.39 is 24.5 Å². The predicted molar refractivity (Wildman–Crippen MR) is 37.3 cm³/mol. The van der Waals surface area contributed by atoms with Crippen LogP contribution in [0.25, 0.3) is 0 Å². The number of nitrogens with one attached hydrogen (secondary N) is 1. The minimum Gasteiger partial charge on any atom is -0.390 e. The molecule has 0 amide bonds. The van der Waals surface area contributed by atoms with Crippen LogP contribution in [0.15, 0.2) is 0 Å². The van der Waals surface area contributed by atoms with Gasteiger partial charge in [-0.15, -0.1) is 0 Å². The molecule has 12 heavy (non-hydrogen) atoms. The van der Waals surface area contributed by atoms with Crippen LogP contribution in [0, 0.1) is 0 Å². The summed E-state index contributed by atoms with van der Waals surface area (Å²) in [6, 6.07) is 0. The van der Waals surface area contributed by atoms with Gasteiger partial charge in [0.2, 0.25) is 0 Å². The largest absolute Gasteiger partial charge is 0.390 e. The topological polar surface area (TPSA) is 102 Å². The first-order valence-corrected chi connectivity index (χ1v) is 3.70. The minimum absolute atomic E-state index is 0.0284. The van der Waals surface area contributed by atoms with E-state index in [2.05, 4.69) is 0 Å². The zero-order valence-electron chi connectivity index (χ0n) is 6.42. The van der Waals surface area contributed by atoms with Crippen molar-refractivity contribution in [3.63, 3.8) is 0 Å². The van der Waals surface area contributed by atoms with Crippen molar-refractivity contribution in [3.8, 4) is 0 Å². The lowest BCUT2D eigenvalue weighted by atomic mass is 10.1. The molecule has 0 saturated carbocycles. The maximum atomic E-state index is 9.22. The van der Waals surface area contributed by atoms with Gasteiger partial charge in [0.05, 0.1) is 18.8 Å². The minimum atomic E-state index is -1.03. The highest BCUT2D eigenvalue weighted by atomic mass is 16.6. The first kappa shape index (κ1) is 9.85. The molecule has 1 heterocycles. The summed E-state index contributed by atoms with van der Waals surface area (Å²) in [5, 5.41) is 35.9. The monoisotopic (exact) mass is 179 g/mol. The molecule has 0 aliphatic carbocycles. The SMILES string of the molecule is ONC1OCC(O)C(O)CC1O. The third kappa shape index (κ3) is 2.13. The average Bonchev–Trinajstić information content (AvgIpc) is 2.14. The smallest absolute Gasteiger partial charge is 0.155 e. The Morgan fingerprint density at radius 3 is 2.33 bits per heavy atom. The van der Waals surface area contributed by atoms with Crippen molar-refractivity contribution < 1.29 is 25.3 Å². The molecule has 4 atom stereocenters. The standard InChI is InChI=1S/C6H13NO5/c8-3-1-4(9)6(7-11)12-2-5(3)10/h3-11H,1-2H2. The second kappa shape index (κ2) is 4.13. The second-order valence-electron chi connectivity index (χ2n) is 2.82. The van der Waals surface area contributed by atoms with Crippen LogP contribution in [0.5, 0.6) is 0 Å². The molecule has 1 aliphatic heterocycles. The molecule has 6 heteroatoms. The third-order valence-electron chi connectivity index (χ3n) is 1.85. The average molecular weight is 179 g/mol. The predicted octanol–water partition coefficient (Wildman–Crippen LogP) is -2.21. The summed E-state index contributed by atoms with van der Waals surface area (Å²) in [4.78, 5) is 0. The molecule has 1 aliphatic rings. The van der Waals surface area contributed by atoms with Gasteiger partial charge in [0.1, 0.15) is 6.10 Å². The van der Waals surface area contributed by atoms with Gasteiger partial charge in [-0.2, -0.15) is 5.48 Å². The van der Waals surface area contributed by atoms with Gasteiger partial charge >= 0.3 is 0 Å². The quantitative estimate of drug-likeness (QED) is 0.293. The van der Waals surface area contributed by atoms with E-state index in [1.54, 1.807) is 5.48 Å². The lowest BCUT2D eigenvalue weighted by Crippen LogP contribution is -2.39. The lowest BCUT2D eigenvalue weighted by molar-refractivity contribution is -0.113. The summed E-state index contributed by atoms with van der Waals surface area (Å²) < 4.78 is 4.83. The van der Waals surface area contributed by atoms with E-state index in [0.717, 1.165) is 0 Å². The fourth-order valence-electron chi connectivity index (χ4n) is 1.08. The molecule has 6 nitrogen and oxygen atoms in total. The molecule has 4 unspecified atom stereocenters. The van der Waals surface area contributed by atoms with Crippen molar-refractivity contribution in [1.82, 2.24) is 5.48 Å². The van der Waals surface area contributed by atoms with Crippen LogP contribution < -0.4 is 5.48 Å². The number of rotatable bonds is 1. The molecule has 0 bridgehead atoms. The zero-order chi connectivity index (χ0) is 9.14. The molecule has 0 aromatic heterocycles. The van der Waals surface area contributed by atoms with Crippen LogP contribution in [0.2, 0.25) is 0 Å². The van der Waals surface area contributed by atoms with Gasteiger partial charge in [-0.25, -0.2) is 0 Å². The summed E-state index contributed by atoms with van der Waals surface area (Å²) in [5.41, 5.74) is 1.74. The van der Waals surface area contributed by atoms with Crippen LogP contribution >= 0.6 is 0 Å². The highest BCUT2D eigenvalue weighted by molar-refractivity contribution is 4.78. The number of ether oxygens (including phenoxy) is 1. The van der Waals surface area contributed by atoms with E-state index in [-0.39, 0.29) is 13.0 Å². The molecule has 5 N–H and O–H groups in total. The molecule has 0 spiro atoms. The molecule has 1 saturated heterocycles. The number of aliphatic hydroxyl groups is 3. The molecule has 0 aromatic carbocycles. The Morgan fingerprint density at radius 1 is 1.08 bits per heavy atom. The molecule has 1 fully saturated rings. The van der Waals surface area contributed by atoms with Gasteiger partial charge in [-0.3, -0.25) is 0 Å². The normalized spacial score (nSPS) is 44.0. The maximum absolute atomic E-state index is 9.22. The van der Waals surface area contributed by atoms with E-state index in [0.29, 0.717) is 0 Å². The summed E-state index contributed by atoms with van der Waals surface area (Å²) in [7, 11) is 0. The van der Waals surface area contributed by atoms with E-state index in [9.17, 15) is 5.11 Å². The fraction of sp³-hybridized carbons (Fsp3) is 1.00. The van der Waals surface area contributed by atoms with Crippen molar-refractivity contribution >= 4 is 0 Å². The van der Waals surface area contributed by atoms with E-state index >= 15 is 0 Å². The van der Waals surface area contributed by atoms with E-state index in [1.807, 2.05) is 0 Å². The Labute approximate surface area is 69.4 Å². The van der Waals surface area contributed by atoms with E-state index in [4.69, 9.17) is 20.2 Å². The van der Waals surface area contributed by atoms with Crippen molar-refractivity contribution in [1.29, 1.82) is 0 Å². The van der Waals surface area contributed by atoms with Crippen LogP contribution in [-0.2, 0) is 4.74 Å². The van der Waals surface area contributed by atoms with Crippen LogP contribution in [0.3, 0.4) is 0 Å². The number of hydrogen-bond acceptors (Lipinski definition) is 6. The second-order valence-corrected chi connectivity index (χ2v) is 2.82. The first-order chi connectivity index (χ1) is 5.65. The van der Waals surface area contributed by atoms with Crippen LogP contribution in [-0.4, -0.2) is 51.7 Å². The lowest BCUT2D eigenvalue weighted by Gasteiger charge is -2.17. The van der Waals surface area contributed by atoms with Gasteiger partial charge in [0.15, 0.2) is 6.23 Å². The van der Waals surface area contributed by atoms with Crippen molar-refractivity contribution in [3.05, 3.63) is 0 Å². The van der Waals surface area contributed by atoms with Gasteiger partial charge in [0.25, 0.3) is 0 Å². The van der Waals surface area contributed by atoms with Crippen molar-refractivity contribution in [2.75, 3.05) is 6.61 Å². The number of hydrogen-bond donors (Lipinski definition) is 5. The molecule has 0 aromatic rings. The molecule has 0 radical (unpaired) electrons. The van der Waals surface area contributed by atoms with Crippen LogP contribution in [0.1, 0.15) is 6.42 Å². The fourth-order valence-corrected chi connectivity index (χ4v) is 1.08. The number of hydroxylamine groups is 1. The van der Waals surface area contributed by atoms with Crippen molar-refractivity contribution in [2.24, 2.45) is 0 Å². The maximum Gasteiger partial charge on any atom is 0.155 e. The molecule has 72 valence electrons.